The molecule has 0 bridgehead atoms. The molecule has 0 unspecified atom stereocenters. The number of halogens is 1. The predicted octanol–water partition coefficient (Wildman–Crippen LogP) is 4.06. The number of hydrogen-bond donors (Lipinski definition) is 1. The van der Waals surface area contributed by atoms with Crippen LogP contribution in [0.5, 0.6) is 5.75 Å². The van der Waals surface area contributed by atoms with E-state index in [0.717, 1.165) is 13.1 Å². The number of hydrogen-bond acceptors (Lipinski definition) is 4. The maximum Gasteiger partial charge on any atom is 0.258 e. The summed E-state index contributed by atoms with van der Waals surface area (Å²) in [6.07, 6.45) is 0. The van der Waals surface area contributed by atoms with Crippen LogP contribution in [0.15, 0.2) is 66.7 Å². The minimum absolute atomic E-state index is 0.0347. The molecule has 3 aromatic rings. The van der Waals surface area contributed by atoms with Gasteiger partial charge >= 0.3 is 0 Å². The number of amides is 1. The Morgan fingerprint density at radius 2 is 1.77 bits per heavy atom. The second kappa shape index (κ2) is 9.94. The van der Waals surface area contributed by atoms with Crippen molar-refractivity contribution in [2.24, 2.45) is 0 Å². The highest BCUT2D eigenvalue weighted by Gasteiger charge is 2.24. The van der Waals surface area contributed by atoms with Crippen molar-refractivity contribution in [3.05, 3.63) is 77.3 Å². The summed E-state index contributed by atoms with van der Waals surface area (Å²) >= 11 is 5.88. The van der Waals surface area contributed by atoms with E-state index in [-0.39, 0.29) is 18.6 Å². The maximum absolute atomic E-state index is 12.5. The molecular weight excluding hydrogens is 400 g/mol. The molecule has 0 saturated carbocycles. The van der Waals surface area contributed by atoms with Gasteiger partial charge in [-0.15, -0.1) is 0 Å². The molecular formula is C24H25ClN2O3. The van der Waals surface area contributed by atoms with Crippen molar-refractivity contribution < 1.29 is 14.3 Å². The van der Waals surface area contributed by atoms with Crippen molar-refractivity contribution >= 4 is 28.3 Å². The van der Waals surface area contributed by atoms with Gasteiger partial charge in [0.1, 0.15) is 5.75 Å². The van der Waals surface area contributed by atoms with Gasteiger partial charge in [0, 0.05) is 24.7 Å². The van der Waals surface area contributed by atoms with E-state index in [4.69, 9.17) is 21.1 Å². The molecule has 0 aromatic heterocycles. The van der Waals surface area contributed by atoms with Crippen molar-refractivity contribution in [3.8, 4) is 5.75 Å². The number of nitrogens with one attached hydrogen (secondary N) is 1. The molecule has 1 N–H and O–H groups in total. The summed E-state index contributed by atoms with van der Waals surface area (Å²) in [4.78, 5) is 14.8. The zero-order valence-electron chi connectivity index (χ0n) is 16.7. The lowest BCUT2D eigenvalue weighted by atomic mass is 9.97. The van der Waals surface area contributed by atoms with Crippen LogP contribution in [0.1, 0.15) is 11.6 Å². The monoisotopic (exact) mass is 424 g/mol. The first-order chi connectivity index (χ1) is 14.7. The summed E-state index contributed by atoms with van der Waals surface area (Å²) in [7, 11) is 0. The topological polar surface area (TPSA) is 50.8 Å². The molecule has 0 radical (unpaired) electrons. The molecule has 0 spiro atoms. The van der Waals surface area contributed by atoms with Gasteiger partial charge < -0.3 is 14.8 Å². The van der Waals surface area contributed by atoms with E-state index in [2.05, 4.69) is 46.6 Å². The normalized spacial score (nSPS) is 15.6. The van der Waals surface area contributed by atoms with Gasteiger partial charge in [0.25, 0.3) is 5.91 Å². The van der Waals surface area contributed by atoms with Crippen LogP contribution >= 0.6 is 11.6 Å². The molecule has 1 aliphatic heterocycles. The van der Waals surface area contributed by atoms with E-state index in [1.165, 1.54) is 16.3 Å². The molecule has 5 nitrogen and oxygen atoms in total. The smallest absolute Gasteiger partial charge is 0.258 e. The molecule has 1 saturated heterocycles. The SMILES string of the molecule is O=C(COc1ccc(Cl)cc1)NC[C@@H](c1cccc2ccccc12)N1CCOCC1. The molecule has 1 fully saturated rings. The molecule has 6 heteroatoms. The number of rotatable bonds is 7. The van der Waals surface area contributed by atoms with Crippen LogP contribution in [0.3, 0.4) is 0 Å². The van der Waals surface area contributed by atoms with Crippen molar-refractivity contribution in [2.75, 3.05) is 39.5 Å². The average molecular weight is 425 g/mol. The van der Waals surface area contributed by atoms with E-state index < -0.39 is 0 Å². The van der Waals surface area contributed by atoms with Crippen LogP contribution in [0.2, 0.25) is 5.02 Å². The third kappa shape index (κ3) is 5.11. The Kier molecular flexibility index (Phi) is 6.84. The molecule has 4 rings (SSSR count). The largest absolute Gasteiger partial charge is 0.484 e. The lowest BCUT2D eigenvalue weighted by Gasteiger charge is -2.35. The Hall–Kier alpha value is -2.60. The van der Waals surface area contributed by atoms with Gasteiger partial charge in [0.05, 0.1) is 19.3 Å². The predicted molar refractivity (Wildman–Crippen MR) is 119 cm³/mol. The Morgan fingerprint density at radius 1 is 1.03 bits per heavy atom. The van der Waals surface area contributed by atoms with Crippen molar-refractivity contribution in [2.45, 2.75) is 6.04 Å². The number of nitrogens with zero attached hydrogens (tertiary/aromatic N) is 1. The summed E-state index contributed by atoms with van der Waals surface area (Å²) in [6.45, 7) is 3.56. The Labute approximate surface area is 181 Å². The number of benzene rings is 3. The fourth-order valence-electron chi connectivity index (χ4n) is 3.81. The maximum atomic E-state index is 12.5. The first-order valence-electron chi connectivity index (χ1n) is 10.2. The fraction of sp³-hybridized carbons (Fsp3) is 0.292. The summed E-state index contributed by atoms with van der Waals surface area (Å²) in [5.41, 5.74) is 1.22. The summed E-state index contributed by atoms with van der Waals surface area (Å²) in [5, 5.41) is 6.10. The summed E-state index contributed by atoms with van der Waals surface area (Å²) in [6, 6.07) is 21.8. The average Bonchev–Trinajstić information content (AvgIpc) is 2.79. The van der Waals surface area contributed by atoms with Crippen LogP contribution in [0.25, 0.3) is 10.8 Å². The lowest BCUT2D eigenvalue weighted by Crippen LogP contribution is -2.44. The number of fused-ring (bicyclic) bond motifs is 1. The van der Waals surface area contributed by atoms with Gasteiger partial charge in [0.15, 0.2) is 6.61 Å². The van der Waals surface area contributed by atoms with Crippen molar-refractivity contribution in [1.82, 2.24) is 10.2 Å². The Bertz CT molecular complexity index is 982. The first kappa shape index (κ1) is 20.7. The Morgan fingerprint density at radius 3 is 2.57 bits per heavy atom. The van der Waals surface area contributed by atoms with E-state index in [9.17, 15) is 4.79 Å². The summed E-state index contributed by atoms with van der Waals surface area (Å²) in [5.74, 6) is 0.469. The van der Waals surface area contributed by atoms with Gasteiger partial charge in [0.2, 0.25) is 0 Å². The summed E-state index contributed by atoms with van der Waals surface area (Å²) < 4.78 is 11.1. The van der Waals surface area contributed by atoms with Crippen LogP contribution in [0.4, 0.5) is 0 Å². The quantitative estimate of drug-likeness (QED) is 0.621. The van der Waals surface area contributed by atoms with Crippen LogP contribution < -0.4 is 10.1 Å². The Balaban J connectivity index is 1.46. The number of morpholine rings is 1. The molecule has 1 aliphatic rings. The lowest BCUT2D eigenvalue weighted by molar-refractivity contribution is -0.123. The minimum atomic E-state index is -0.150. The van der Waals surface area contributed by atoms with Crippen molar-refractivity contribution in [3.63, 3.8) is 0 Å². The molecule has 1 heterocycles. The van der Waals surface area contributed by atoms with Gasteiger partial charge in [-0.25, -0.2) is 0 Å². The highest BCUT2D eigenvalue weighted by atomic mass is 35.5. The number of carbonyl (C=O) groups excluding carboxylic acids is 1. The minimum Gasteiger partial charge on any atom is -0.484 e. The molecule has 1 atom stereocenters. The van der Waals surface area contributed by atoms with Crippen LogP contribution in [-0.4, -0.2) is 50.3 Å². The van der Waals surface area contributed by atoms with Gasteiger partial charge in [-0.1, -0.05) is 54.1 Å². The zero-order chi connectivity index (χ0) is 20.8. The zero-order valence-corrected chi connectivity index (χ0v) is 17.5. The fourth-order valence-corrected chi connectivity index (χ4v) is 3.93. The molecule has 0 aliphatic carbocycles. The second-order valence-corrected chi connectivity index (χ2v) is 7.72. The highest BCUT2D eigenvalue weighted by molar-refractivity contribution is 6.30. The molecule has 3 aromatic carbocycles. The van der Waals surface area contributed by atoms with Gasteiger partial charge in [-0.3, -0.25) is 9.69 Å². The van der Waals surface area contributed by atoms with Crippen LogP contribution in [0, 0.1) is 0 Å². The van der Waals surface area contributed by atoms with Gasteiger partial charge in [-0.05, 0) is 40.6 Å². The van der Waals surface area contributed by atoms with Crippen LogP contribution in [-0.2, 0) is 9.53 Å². The molecule has 1 amide bonds. The third-order valence-electron chi connectivity index (χ3n) is 5.34. The number of ether oxygens (including phenoxy) is 2. The number of carbonyl (C=O) groups is 1. The molecule has 156 valence electrons. The van der Waals surface area contributed by atoms with Gasteiger partial charge in [-0.2, -0.15) is 0 Å². The second-order valence-electron chi connectivity index (χ2n) is 7.28. The standard InChI is InChI=1S/C24H25ClN2O3/c25-19-8-10-20(11-9-19)30-17-24(28)26-16-23(27-12-14-29-15-13-27)22-7-3-5-18-4-1-2-6-21(18)22/h1-11,23H,12-17H2,(H,26,28)/t23-/m0/s1. The third-order valence-corrected chi connectivity index (χ3v) is 5.60. The van der Waals surface area contributed by atoms with E-state index in [1.807, 2.05) is 6.07 Å². The van der Waals surface area contributed by atoms with Crippen molar-refractivity contribution in [1.29, 1.82) is 0 Å². The van der Waals surface area contributed by atoms with E-state index >= 15 is 0 Å². The highest BCUT2D eigenvalue weighted by Crippen LogP contribution is 2.28. The molecule has 30 heavy (non-hydrogen) atoms. The van der Waals surface area contributed by atoms with E-state index in [0.29, 0.717) is 30.5 Å². The van der Waals surface area contributed by atoms with E-state index in [1.54, 1.807) is 24.3 Å². The first-order valence-corrected chi connectivity index (χ1v) is 10.5.